The van der Waals surface area contributed by atoms with Crippen LogP contribution in [0.1, 0.15) is 34.6 Å². The van der Waals surface area contributed by atoms with Gasteiger partial charge in [-0.2, -0.15) is 0 Å². The van der Waals surface area contributed by atoms with E-state index >= 15 is 0 Å². The fraction of sp³-hybridized carbons (Fsp3) is 1.00. The van der Waals surface area contributed by atoms with E-state index in [0.29, 0.717) is 13.8 Å². The summed E-state index contributed by atoms with van der Waals surface area (Å²) < 4.78 is 65.9. The van der Waals surface area contributed by atoms with Crippen LogP contribution in [0.15, 0.2) is 0 Å². The summed E-state index contributed by atoms with van der Waals surface area (Å²) in [6.07, 6.45) is 0. The Hall–Kier alpha value is -0.350. The van der Waals surface area contributed by atoms with Crippen LogP contribution in [-0.2, 0) is 0 Å². The Morgan fingerprint density at radius 1 is 0.571 bits per heavy atom. The van der Waals surface area contributed by atoms with E-state index in [-0.39, 0.29) is 6.92 Å². The standard InChI is InChI=1S/C9H15F5/c1-6(2,10)7(3,11)8(4,12)9(5,13)14/h1-5H3. The van der Waals surface area contributed by atoms with E-state index in [1.54, 1.807) is 0 Å². The number of hydrogen-bond acceptors (Lipinski definition) is 0. The van der Waals surface area contributed by atoms with Crippen molar-refractivity contribution < 1.29 is 22.0 Å². The summed E-state index contributed by atoms with van der Waals surface area (Å²) in [5, 5.41) is 0. The van der Waals surface area contributed by atoms with E-state index in [1.807, 2.05) is 0 Å². The average Bonchev–Trinajstić information content (AvgIpc) is 1.81. The first kappa shape index (κ1) is 13.7. The smallest absolute Gasteiger partial charge is 0.241 e. The molecular weight excluding hydrogens is 203 g/mol. The third-order valence-corrected chi connectivity index (χ3v) is 2.82. The predicted molar refractivity (Wildman–Crippen MR) is 44.8 cm³/mol. The molecule has 0 heterocycles. The van der Waals surface area contributed by atoms with Crippen LogP contribution in [0, 0.1) is 0 Å². The zero-order valence-corrected chi connectivity index (χ0v) is 8.89. The van der Waals surface area contributed by atoms with Gasteiger partial charge in [0, 0.05) is 6.92 Å². The molecular formula is C9H15F5. The van der Waals surface area contributed by atoms with Crippen molar-refractivity contribution in [1.29, 1.82) is 0 Å². The summed E-state index contributed by atoms with van der Waals surface area (Å²) in [7, 11) is 0. The minimum Gasteiger partial charge on any atom is -0.241 e. The molecule has 0 radical (unpaired) electrons. The van der Waals surface area contributed by atoms with Crippen LogP contribution in [-0.4, -0.2) is 22.9 Å². The molecule has 0 aromatic heterocycles. The van der Waals surface area contributed by atoms with E-state index in [2.05, 4.69) is 0 Å². The molecule has 0 aliphatic carbocycles. The first-order valence-corrected chi connectivity index (χ1v) is 4.19. The maximum Gasteiger partial charge on any atom is 0.281 e. The number of rotatable bonds is 3. The Kier molecular flexibility index (Phi) is 2.99. The molecule has 0 rings (SSSR count). The maximum absolute atomic E-state index is 13.6. The van der Waals surface area contributed by atoms with Crippen LogP contribution in [0.25, 0.3) is 0 Å². The highest BCUT2D eigenvalue weighted by Crippen LogP contribution is 2.48. The summed E-state index contributed by atoms with van der Waals surface area (Å²) in [5.41, 5.74) is -9.51. The Balaban J connectivity index is 5.30. The van der Waals surface area contributed by atoms with E-state index in [9.17, 15) is 22.0 Å². The van der Waals surface area contributed by atoms with Crippen LogP contribution in [0.4, 0.5) is 22.0 Å². The van der Waals surface area contributed by atoms with Gasteiger partial charge in [-0.05, 0) is 27.7 Å². The quantitative estimate of drug-likeness (QED) is 0.631. The van der Waals surface area contributed by atoms with Crippen molar-refractivity contribution in [2.45, 2.75) is 57.5 Å². The second-order valence-electron chi connectivity index (χ2n) is 4.37. The molecule has 14 heavy (non-hydrogen) atoms. The van der Waals surface area contributed by atoms with Crippen molar-refractivity contribution >= 4 is 0 Å². The van der Waals surface area contributed by atoms with Gasteiger partial charge < -0.3 is 0 Å². The Morgan fingerprint density at radius 3 is 0.929 bits per heavy atom. The lowest BCUT2D eigenvalue weighted by Gasteiger charge is -2.43. The summed E-state index contributed by atoms with van der Waals surface area (Å²) in [4.78, 5) is 0. The van der Waals surface area contributed by atoms with E-state index in [4.69, 9.17) is 0 Å². The molecule has 0 saturated carbocycles. The van der Waals surface area contributed by atoms with Crippen LogP contribution >= 0.6 is 0 Å². The highest BCUT2D eigenvalue weighted by Gasteiger charge is 2.66. The number of halogens is 5. The van der Waals surface area contributed by atoms with Crippen LogP contribution in [0.2, 0.25) is 0 Å². The van der Waals surface area contributed by atoms with E-state index < -0.39 is 22.9 Å². The van der Waals surface area contributed by atoms with Crippen molar-refractivity contribution in [2.75, 3.05) is 0 Å². The Bertz CT molecular complexity index is 182. The highest BCUT2D eigenvalue weighted by molar-refractivity contribution is 5.09. The van der Waals surface area contributed by atoms with Crippen molar-refractivity contribution in [3.8, 4) is 0 Å². The van der Waals surface area contributed by atoms with Crippen LogP contribution < -0.4 is 0 Å². The molecule has 0 amide bonds. The van der Waals surface area contributed by atoms with Crippen LogP contribution in [0.3, 0.4) is 0 Å². The second kappa shape index (κ2) is 3.07. The Labute approximate surface area is 80.5 Å². The second-order valence-corrected chi connectivity index (χ2v) is 4.37. The van der Waals surface area contributed by atoms with E-state index in [1.165, 1.54) is 0 Å². The first-order chi connectivity index (χ1) is 5.75. The molecule has 0 N–H and O–H groups in total. The molecule has 0 saturated heterocycles. The van der Waals surface area contributed by atoms with Crippen molar-refractivity contribution in [3.05, 3.63) is 0 Å². The lowest BCUT2D eigenvalue weighted by molar-refractivity contribution is -0.213. The van der Waals surface area contributed by atoms with Crippen molar-refractivity contribution in [1.82, 2.24) is 0 Å². The van der Waals surface area contributed by atoms with Crippen molar-refractivity contribution in [2.24, 2.45) is 0 Å². The predicted octanol–water partition coefficient (Wildman–Crippen LogP) is 3.85. The SMILES string of the molecule is CC(C)(F)C(C)(F)C(C)(F)C(C)(F)F. The maximum atomic E-state index is 13.6. The summed E-state index contributed by atoms with van der Waals surface area (Å²) in [6.45, 7) is 2.57. The van der Waals surface area contributed by atoms with Gasteiger partial charge in [-0.1, -0.05) is 0 Å². The van der Waals surface area contributed by atoms with Gasteiger partial charge in [0.15, 0.2) is 5.67 Å². The lowest BCUT2D eigenvalue weighted by Crippen LogP contribution is -2.62. The van der Waals surface area contributed by atoms with E-state index in [0.717, 1.165) is 13.8 Å². The van der Waals surface area contributed by atoms with Gasteiger partial charge >= 0.3 is 0 Å². The fourth-order valence-electron chi connectivity index (χ4n) is 0.970. The molecule has 0 aromatic rings. The molecule has 0 nitrogen and oxygen atoms in total. The molecule has 0 spiro atoms. The first-order valence-electron chi connectivity index (χ1n) is 4.19. The summed E-state index contributed by atoms with van der Waals surface area (Å²) in [5.74, 6) is -3.94. The molecule has 2 atom stereocenters. The minimum absolute atomic E-state index is 0.233. The fourth-order valence-corrected chi connectivity index (χ4v) is 0.970. The topological polar surface area (TPSA) is 0 Å². The largest absolute Gasteiger partial charge is 0.281 e. The number of hydrogen-bond donors (Lipinski definition) is 0. The molecule has 0 aliphatic rings. The molecule has 2 unspecified atom stereocenters. The van der Waals surface area contributed by atoms with Gasteiger partial charge in [0.05, 0.1) is 0 Å². The molecule has 0 bridgehead atoms. The van der Waals surface area contributed by atoms with Gasteiger partial charge in [-0.15, -0.1) is 0 Å². The molecule has 0 aromatic carbocycles. The average molecular weight is 218 g/mol. The molecule has 5 heteroatoms. The van der Waals surface area contributed by atoms with Gasteiger partial charge in [0.25, 0.3) is 5.92 Å². The van der Waals surface area contributed by atoms with Crippen LogP contribution in [0.5, 0.6) is 0 Å². The monoisotopic (exact) mass is 218 g/mol. The van der Waals surface area contributed by atoms with Gasteiger partial charge in [0.2, 0.25) is 5.67 Å². The van der Waals surface area contributed by atoms with Gasteiger partial charge in [-0.25, -0.2) is 22.0 Å². The normalized spacial score (nSPS) is 22.7. The molecule has 86 valence electrons. The molecule has 0 fully saturated rings. The summed E-state index contributed by atoms with van der Waals surface area (Å²) >= 11 is 0. The zero-order valence-electron chi connectivity index (χ0n) is 8.89. The van der Waals surface area contributed by atoms with Gasteiger partial charge in [0.1, 0.15) is 5.67 Å². The molecule has 0 aliphatic heterocycles. The van der Waals surface area contributed by atoms with Crippen molar-refractivity contribution in [3.63, 3.8) is 0 Å². The highest BCUT2D eigenvalue weighted by atomic mass is 19.3. The number of alkyl halides is 5. The van der Waals surface area contributed by atoms with Gasteiger partial charge in [-0.3, -0.25) is 0 Å². The lowest BCUT2D eigenvalue weighted by atomic mass is 9.75. The Morgan fingerprint density at radius 2 is 0.857 bits per heavy atom. The third-order valence-electron chi connectivity index (χ3n) is 2.82. The minimum atomic E-state index is -3.94. The summed E-state index contributed by atoms with van der Waals surface area (Å²) in [6, 6.07) is 0. The third kappa shape index (κ3) is 1.86. The zero-order chi connectivity index (χ0) is 12.0.